The van der Waals surface area contributed by atoms with E-state index in [4.69, 9.17) is 4.74 Å². The van der Waals surface area contributed by atoms with E-state index >= 15 is 0 Å². The largest absolute Gasteiger partial charge is 0.481 e. The zero-order valence-corrected chi connectivity index (χ0v) is 16.6. The lowest BCUT2D eigenvalue weighted by molar-refractivity contribution is -0.153. The van der Waals surface area contributed by atoms with Crippen LogP contribution in [0.5, 0.6) is 5.75 Å². The van der Waals surface area contributed by atoms with Crippen molar-refractivity contribution in [2.75, 3.05) is 20.2 Å². The van der Waals surface area contributed by atoms with Crippen molar-refractivity contribution < 1.29 is 23.9 Å². The molecule has 1 aromatic rings. The Balaban J connectivity index is 2.08. The highest BCUT2D eigenvalue weighted by atomic mass is 16.5. The summed E-state index contributed by atoms with van der Waals surface area (Å²) in [6.07, 6.45) is -0.960. The average molecular weight is 376 g/mol. The smallest absolute Gasteiger partial charge is 0.308 e. The van der Waals surface area contributed by atoms with E-state index in [1.54, 1.807) is 6.92 Å². The third kappa shape index (κ3) is 5.21. The first kappa shape index (κ1) is 20.7. The summed E-state index contributed by atoms with van der Waals surface area (Å²) in [7, 11) is 1.25. The van der Waals surface area contributed by atoms with Crippen LogP contribution in [-0.2, 0) is 24.5 Å². The zero-order chi connectivity index (χ0) is 20.2. The number of methoxy groups -OCH3 is 1. The Morgan fingerprint density at radius 1 is 1.26 bits per heavy atom. The molecule has 2 rings (SSSR count). The second-order valence-electron chi connectivity index (χ2n) is 7.65. The molecule has 0 aromatic heterocycles. The van der Waals surface area contributed by atoms with Gasteiger partial charge in [-0.25, -0.2) is 0 Å². The molecule has 0 spiro atoms. The van der Waals surface area contributed by atoms with Gasteiger partial charge in [0.25, 0.3) is 5.91 Å². The van der Waals surface area contributed by atoms with Gasteiger partial charge in [-0.1, -0.05) is 32.9 Å². The van der Waals surface area contributed by atoms with Crippen LogP contribution in [0.3, 0.4) is 0 Å². The molecule has 148 valence electrons. The second-order valence-corrected chi connectivity index (χ2v) is 7.65. The molecule has 1 aliphatic heterocycles. The Hall–Kier alpha value is -2.57. The number of rotatable bonds is 5. The number of hydrogen-bond donors (Lipinski definition) is 1. The lowest BCUT2D eigenvalue weighted by Gasteiger charge is -2.35. The zero-order valence-electron chi connectivity index (χ0n) is 16.6. The molecule has 2 unspecified atom stereocenters. The van der Waals surface area contributed by atoms with Crippen molar-refractivity contribution in [3.8, 4) is 5.75 Å². The molecular weight excluding hydrogens is 348 g/mol. The Labute approximate surface area is 160 Å². The van der Waals surface area contributed by atoms with Gasteiger partial charge in [0, 0.05) is 13.1 Å². The quantitative estimate of drug-likeness (QED) is 0.790. The van der Waals surface area contributed by atoms with E-state index in [2.05, 4.69) is 30.8 Å². The number of ether oxygens (including phenoxy) is 2. The minimum Gasteiger partial charge on any atom is -0.481 e. The molecule has 1 N–H and O–H groups in total. The first-order valence-corrected chi connectivity index (χ1v) is 9.05. The summed E-state index contributed by atoms with van der Waals surface area (Å²) in [6, 6.07) is 6.73. The maximum atomic E-state index is 12.8. The molecule has 2 atom stereocenters. The summed E-state index contributed by atoms with van der Waals surface area (Å²) >= 11 is 0. The third-order valence-electron chi connectivity index (χ3n) is 4.58. The van der Waals surface area contributed by atoms with Gasteiger partial charge in [0.05, 0.1) is 13.5 Å². The molecule has 0 bridgehead atoms. The van der Waals surface area contributed by atoms with Gasteiger partial charge in [0.15, 0.2) is 6.10 Å². The number of nitrogens with one attached hydrogen (secondary N) is 1. The maximum Gasteiger partial charge on any atom is 0.308 e. The molecule has 7 heteroatoms. The molecule has 0 saturated carbocycles. The Kier molecular flexibility index (Phi) is 6.46. The van der Waals surface area contributed by atoms with Gasteiger partial charge in [-0.05, 0) is 30.0 Å². The van der Waals surface area contributed by atoms with Crippen molar-refractivity contribution in [1.82, 2.24) is 10.2 Å². The van der Waals surface area contributed by atoms with Crippen LogP contribution in [0.25, 0.3) is 0 Å². The van der Waals surface area contributed by atoms with Crippen LogP contribution in [0.4, 0.5) is 0 Å². The van der Waals surface area contributed by atoms with Gasteiger partial charge >= 0.3 is 5.97 Å². The Bertz CT molecular complexity index is 693. The van der Waals surface area contributed by atoms with Crippen LogP contribution in [0, 0.1) is 0 Å². The highest BCUT2D eigenvalue weighted by molar-refractivity contribution is 5.93. The summed E-state index contributed by atoms with van der Waals surface area (Å²) in [4.78, 5) is 37.9. The minimum absolute atomic E-state index is 0.0300. The number of carbonyl (C=O) groups excluding carboxylic acids is 3. The third-order valence-corrected chi connectivity index (χ3v) is 4.58. The van der Waals surface area contributed by atoms with Gasteiger partial charge in [0.2, 0.25) is 5.91 Å². The molecule has 0 radical (unpaired) electrons. The molecule has 7 nitrogen and oxygen atoms in total. The van der Waals surface area contributed by atoms with Crippen LogP contribution in [-0.4, -0.2) is 55.0 Å². The fourth-order valence-electron chi connectivity index (χ4n) is 2.94. The van der Waals surface area contributed by atoms with Crippen molar-refractivity contribution >= 4 is 17.8 Å². The van der Waals surface area contributed by atoms with Gasteiger partial charge in [-0.2, -0.15) is 0 Å². The van der Waals surface area contributed by atoms with E-state index in [1.807, 2.05) is 24.3 Å². The normalized spacial score (nSPS) is 18.5. The van der Waals surface area contributed by atoms with Crippen molar-refractivity contribution in [2.24, 2.45) is 0 Å². The minimum atomic E-state index is -0.881. The second kappa shape index (κ2) is 8.41. The van der Waals surface area contributed by atoms with Gasteiger partial charge in [-0.15, -0.1) is 0 Å². The van der Waals surface area contributed by atoms with Crippen LogP contribution in [0.15, 0.2) is 24.3 Å². The van der Waals surface area contributed by atoms with Crippen LogP contribution >= 0.6 is 0 Å². The van der Waals surface area contributed by atoms with E-state index in [0.29, 0.717) is 18.8 Å². The van der Waals surface area contributed by atoms with Crippen LogP contribution < -0.4 is 10.1 Å². The number of benzene rings is 1. The molecule has 1 aliphatic rings. The van der Waals surface area contributed by atoms with E-state index in [9.17, 15) is 14.4 Å². The number of amides is 2. The molecule has 27 heavy (non-hydrogen) atoms. The molecular formula is C20H28N2O5. The fourth-order valence-corrected chi connectivity index (χ4v) is 2.94. The van der Waals surface area contributed by atoms with E-state index in [1.165, 1.54) is 17.6 Å². The summed E-state index contributed by atoms with van der Waals surface area (Å²) < 4.78 is 10.4. The summed E-state index contributed by atoms with van der Waals surface area (Å²) in [5.74, 6) is -0.656. The number of hydrogen-bond acceptors (Lipinski definition) is 5. The predicted molar refractivity (Wildman–Crippen MR) is 100 cm³/mol. The van der Waals surface area contributed by atoms with Crippen LogP contribution in [0.1, 0.15) is 39.7 Å². The van der Waals surface area contributed by atoms with Crippen molar-refractivity contribution in [1.29, 1.82) is 0 Å². The first-order chi connectivity index (χ1) is 12.6. The lowest BCUT2D eigenvalue weighted by atomic mass is 9.87. The highest BCUT2D eigenvalue weighted by Gasteiger charge is 2.37. The van der Waals surface area contributed by atoms with Crippen molar-refractivity contribution in [2.45, 2.75) is 51.7 Å². The molecule has 1 fully saturated rings. The average Bonchev–Trinajstić information content (AvgIpc) is 2.62. The number of nitrogens with zero attached hydrogens (tertiary/aromatic N) is 1. The van der Waals surface area contributed by atoms with Gasteiger partial charge in [-0.3, -0.25) is 14.4 Å². The summed E-state index contributed by atoms with van der Waals surface area (Å²) in [5, 5.41) is 2.67. The SMILES string of the molecule is COC(=O)CC1C(=O)NCCN1C(=O)C(C)Oc1ccc(C(C)(C)C)cc1. The Morgan fingerprint density at radius 3 is 2.44 bits per heavy atom. The highest BCUT2D eigenvalue weighted by Crippen LogP contribution is 2.25. The monoisotopic (exact) mass is 376 g/mol. The molecule has 1 heterocycles. The van der Waals surface area contributed by atoms with Gasteiger partial charge < -0.3 is 19.7 Å². The predicted octanol–water partition coefficient (Wildman–Crippen LogP) is 1.64. The molecule has 2 amide bonds. The summed E-state index contributed by atoms with van der Waals surface area (Å²) in [5.41, 5.74) is 1.20. The number of carbonyl (C=O) groups is 3. The standard InChI is InChI=1S/C20H28N2O5/c1-13(27-15-8-6-14(7-9-15)20(2,3)4)19(25)22-11-10-21-18(24)16(22)12-17(23)26-5/h6-9,13,16H,10-12H2,1-5H3,(H,21,24). The topological polar surface area (TPSA) is 84.9 Å². The number of esters is 1. The molecule has 1 saturated heterocycles. The van der Waals surface area contributed by atoms with Gasteiger partial charge in [0.1, 0.15) is 11.8 Å². The number of piperazine rings is 1. The lowest BCUT2D eigenvalue weighted by Crippen LogP contribution is -2.60. The maximum absolute atomic E-state index is 12.8. The van der Waals surface area contributed by atoms with Crippen molar-refractivity contribution in [3.63, 3.8) is 0 Å². The van der Waals surface area contributed by atoms with E-state index in [0.717, 1.165) is 0 Å². The van der Waals surface area contributed by atoms with Crippen LogP contribution in [0.2, 0.25) is 0 Å². The van der Waals surface area contributed by atoms with E-state index < -0.39 is 18.1 Å². The Morgan fingerprint density at radius 2 is 1.89 bits per heavy atom. The van der Waals surface area contributed by atoms with E-state index in [-0.39, 0.29) is 23.7 Å². The fraction of sp³-hybridized carbons (Fsp3) is 0.550. The molecule has 1 aromatic carbocycles. The summed E-state index contributed by atoms with van der Waals surface area (Å²) in [6.45, 7) is 8.67. The first-order valence-electron chi connectivity index (χ1n) is 9.05. The van der Waals surface area contributed by atoms with Crippen molar-refractivity contribution in [3.05, 3.63) is 29.8 Å². The molecule has 0 aliphatic carbocycles.